The predicted molar refractivity (Wildman–Crippen MR) is 110 cm³/mol. The second-order valence-corrected chi connectivity index (χ2v) is 8.22. The summed E-state index contributed by atoms with van der Waals surface area (Å²) >= 11 is 0. The number of ether oxygens (including phenoxy) is 1. The third kappa shape index (κ3) is 3.16. The molecule has 0 spiro atoms. The summed E-state index contributed by atoms with van der Waals surface area (Å²) in [4.78, 5) is 5.80. The zero-order valence-electron chi connectivity index (χ0n) is 15.9. The largest absolute Gasteiger partial charge is 0.496 e. The fraction of sp³-hybridized carbons (Fsp3) is 0.143. The monoisotopic (exact) mass is 409 g/mol. The number of methoxy groups -OCH3 is 1. The minimum Gasteiger partial charge on any atom is -0.496 e. The lowest BCUT2D eigenvalue weighted by Crippen LogP contribution is -2.46. The highest BCUT2D eigenvalue weighted by Gasteiger charge is 2.50. The lowest BCUT2D eigenvalue weighted by atomic mass is 9.99. The van der Waals surface area contributed by atoms with Gasteiger partial charge >= 0.3 is 0 Å². The first kappa shape index (κ1) is 19.1. The van der Waals surface area contributed by atoms with Crippen LogP contribution in [0.3, 0.4) is 0 Å². The Balaban J connectivity index is 1.91. The number of rotatable bonds is 4. The Bertz CT molecular complexity index is 1180. The maximum atomic E-state index is 12.9. The third-order valence-electron chi connectivity index (χ3n) is 4.73. The lowest BCUT2D eigenvalue weighted by molar-refractivity contribution is 0.0201. The number of aliphatic imine (C=N–C) groups is 1. The van der Waals surface area contributed by atoms with Crippen molar-refractivity contribution in [1.82, 2.24) is 4.90 Å². The summed E-state index contributed by atoms with van der Waals surface area (Å²) in [5, 5.41) is 11.7. The van der Waals surface area contributed by atoms with E-state index in [0.29, 0.717) is 17.1 Å². The number of amidine groups is 2. The van der Waals surface area contributed by atoms with Gasteiger partial charge in [-0.15, -0.1) is 4.40 Å². The summed E-state index contributed by atoms with van der Waals surface area (Å²) in [6.45, 7) is 1.86. The van der Waals surface area contributed by atoms with E-state index in [4.69, 9.17) is 4.74 Å². The standard InChI is InChI=1S/C21H19N3O4S/c1-15-10-12-16(13-11-15)29(26,27)23-20-21(25,17-7-3-4-8-18(17)28-2)24-14-6-5-9-19(24)22-20/h3-14,25H,1-2H3. The van der Waals surface area contributed by atoms with Gasteiger partial charge in [0.2, 0.25) is 11.6 Å². The van der Waals surface area contributed by atoms with Crippen LogP contribution in [0.25, 0.3) is 0 Å². The molecular formula is C21H19N3O4S. The van der Waals surface area contributed by atoms with Crippen molar-refractivity contribution in [2.24, 2.45) is 9.39 Å². The maximum Gasteiger partial charge on any atom is 0.284 e. The Labute approximate surface area is 169 Å². The van der Waals surface area contributed by atoms with Crippen LogP contribution in [0.4, 0.5) is 0 Å². The average Bonchev–Trinajstić information content (AvgIpc) is 3.00. The van der Waals surface area contributed by atoms with Crippen molar-refractivity contribution in [1.29, 1.82) is 0 Å². The molecule has 1 atom stereocenters. The van der Waals surface area contributed by atoms with Gasteiger partial charge in [0.1, 0.15) is 11.6 Å². The Morgan fingerprint density at radius 2 is 1.83 bits per heavy atom. The second-order valence-electron chi connectivity index (χ2n) is 6.62. The van der Waals surface area contributed by atoms with Gasteiger partial charge in [0.25, 0.3) is 10.0 Å². The number of nitrogens with zero attached hydrogens (tertiary/aromatic N) is 3. The highest BCUT2D eigenvalue weighted by Crippen LogP contribution is 2.40. The lowest BCUT2D eigenvalue weighted by Gasteiger charge is -2.34. The summed E-state index contributed by atoms with van der Waals surface area (Å²) in [5.41, 5.74) is -0.685. The summed E-state index contributed by atoms with van der Waals surface area (Å²) in [5.74, 6) is 0.502. The van der Waals surface area contributed by atoms with Crippen LogP contribution in [0.15, 0.2) is 87.2 Å². The quantitative estimate of drug-likeness (QED) is 0.838. The zero-order valence-corrected chi connectivity index (χ0v) is 16.7. The topological polar surface area (TPSA) is 91.6 Å². The van der Waals surface area contributed by atoms with E-state index in [2.05, 4.69) is 9.39 Å². The molecule has 1 unspecified atom stereocenters. The zero-order chi connectivity index (χ0) is 20.6. The Morgan fingerprint density at radius 3 is 2.55 bits per heavy atom. The van der Waals surface area contributed by atoms with Crippen molar-refractivity contribution in [3.63, 3.8) is 0 Å². The normalized spacial score (nSPS) is 22.0. The molecule has 0 aromatic heterocycles. The first-order chi connectivity index (χ1) is 13.9. The van der Waals surface area contributed by atoms with Crippen molar-refractivity contribution < 1.29 is 18.3 Å². The summed E-state index contributed by atoms with van der Waals surface area (Å²) in [6.07, 6.45) is 6.75. The van der Waals surface area contributed by atoms with E-state index in [0.717, 1.165) is 5.56 Å². The molecular weight excluding hydrogens is 390 g/mol. The molecule has 2 aromatic carbocycles. The van der Waals surface area contributed by atoms with Crippen molar-refractivity contribution in [2.45, 2.75) is 17.5 Å². The fourth-order valence-corrected chi connectivity index (χ4v) is 4.22. The van der Waals surface area contributed by atoms with Gasteiger partial charge < -0.3 is 9.84 Å². The van der Waals surface area contributed by atoms with Gasteiger partial charge in [-0.05, 0) is 43.3 Å². The van der Waals surface area contributed by atoms with E-state index in [1.165, 1.54) is 24.1 Å². The van der Waals surface area contributed by atoms with Crippen molar-refractivity contribution in [3.8, 4) is 5.75 Å². The molecule has 4 rings (SSSR count). The molecule has 7 nitrogen and oxygen atoms in total. The molecule has 8 heteroatoms. The van der Waals surface area contributed by atoms with E-state index in [9.17, 15) is 13.5 Å². The number of aliphatic hydroxyl groups is 1. The van der Waals surface area contributed by atoms with E-state index in [1.54, 1.807) is 60.8 Å². The van der Waals surface area contributed by atoms with Crippen LogP contribution in [0.5, 0.6) is 5.75 Å². The third-order valence-corrected chi connectivity index (χ3v) is 6.01. The average molecular weight is 409 g/mol. The Kier molecular flexibility index (Phi) is 4.60. The van der Waals surface area contributed by atoms with E-state index < -0.39 is 15.7 Å². The number of sulfonamides is 1. The van der Waals surface area contributed by atoms with E-state index in [1.807, 2.05) is 6.92 Å². The molecule has 0 saturated heterocycles. The summed E-state index contributed by atoms with van der Waals surface area (Å²) < 4.78 is 35.2. The van der Waals surface area contributed by atoms with Crippen molar-refractivity contribution in [2.75, 3.05) is 7.11 Å². The van der Waals surface area contributed by atoms with Gasteiger partial charge in [0.15, 0.2) is 0 Å². The maximum absolute atomic E-state index is 12.9. The second kappa shape index (κ2) is 6.98. The van der Waals surface area contributed by atoms with Crippen molar-refractivity contribution in [3.05, 3.63) is 84.1 Å². The van der Waals surface area contributed by atoms with Gasteiger partial charge in [0.05, 0.1) is 17.6 Å². The first-order valence-corrected chi connectivity index (χ1v) is 10.3. The number of benzene rings is 2. The Hall–Kier alpha value is -3.23. The molecule has 0 fully saturated rings. The van der Waals surface area contributed by atoms with E-state index >= 15 is 0 Å². The molecule has 2 heterocycles. The van der Waals surface area contributed by atoms with Gasteiger partial charge in [-0.1, -0.05) is 35.9 Å². The number of hydrogen-bond acceptors (Lipinski definition) is 5. The van der Waals surface area contributed by atoms with Gasteiger partial charge in [0, 0.05) is 6.20 Å². The van der Waals surface area contributed by atoms with Crippen LogP contribution in [0, 0.1) is 6.92 Å². The van der Waals surface area contributed by atoms with E-state index in [-0.39, 0.29) is 10.7 Å². The molecule has 0 radical (unpaired) electrons. The molecule has 2 aromatic rings. The van der Waals surface area contributed by atoms with Crippen LogP contribution in [0.1, 0.15) is 11.1 Å². The van der Waals surface area contributed by atoms with Crippen molar-refractivity contribution >= 4 is 21.7 Å². The molecule has 0 saturated carbocycles. The van der Waals surface area contributed by atoms with Gasteiger partial charge in [-0.2, -0.15) is 8.42 Å². The van der Waals surface area contributed by atoms with Gasteiger partial charge in [-0.3, -0.25) is 4.90 Å². The van der Waals surface area contributed by atoms with Crippen LogP contribution in [-0.4, -0.2) is 37.2 Å². The number of para-hydroxylation sites is 1. The molecule has 2 aliphatic rings. The molecule has 2 aliphatic heterocycles. The van der Waals surface area contributed by atoms with Crippen LogP contribution < -0.4 is 4.74 Å². The van der Waals surface area contributed by atoms with Crippen LogP contribution >= 0.6 is 0 Å². The summed E-state index contributed by atoms with van der Waals surface area (Å²) in [6, 6.07) is 13.2. The summed E-state index contributed by atoms with van der Waals surface area (Å²) in [7, 11) is -2.62. The fourth-order valence-electron chi connectivity index (χ4n) is 3.24. The molecule has 0 bridgehead atoms. The Morgan fingerprint density at radius 1 is 1.10 bits per heavy atom. The molecule has 0 aliphatic carbocycles. The minimum atomic E-state index is -4.10. The number of allylic oxidation sites excluding steroid dienone is 2. The van der Waals surface area contributed by atoms with Gasteiger partial charge in [-0.25, -0.2) is 4.99 Å². The minimum absolute atomic E-state index is 0.0223. The molecule has 0 amide bonds. The smallest absolute Gasteiger partial charge is 0.284 e. The first-order valence-electron chi connectivity index (χ1n) is 8.87. The SMILES string of the molecule is COc1ccccc1C1(O)C(=NS(=O)(=O)c2ccc(C)cc2)N=C2C=CC=CN21. The molecule has 1 N–H and O–H groups in total. The highest BCUT2D eigenvalue weighted by molar-refractivity contribution is 7.90. The molecule has 29 heavy (non-hydrogen) atoms. The highest BCUT2D eigenvalue weighted by atomic mass is 32.2. The van der Waals surface area contributed by atoms with Crippen LogP contribution in [-0.2, 0) is 15.7 Å². The van der Waals surface area contributed by atoms with Crippen LogP contribution in [0.2, 0.25) is 0 Å². The number of aryl methyl sites for hydroxylation is 1. The molecule has 148 valence electrons. The predicted octanol–water partition coefficient (Wildman–Crippen LogP) is 2.73. The number of hydrogen-bond donors (Lipinski definition) is 1. The number of fused-ring (bicyclic) bond motifs is 1.